The lowest BCUT2D eigenvalue weighted by molar-refractivity contribution is 0.0387. The van der Waals surface area contributed by atoms with E-state index in [1.807, 2.05) is 6.92 Å². The summed E-state index contributed by atoms with van der Waals surface area (Å²) in [6.07, 6.45) is 15.6. The van der Waals surface area contributed by atoms with Gasteiger partial charge in [0.15, 0.2) is 15.4 Å². The van der Waals surface area contributed by atoms with Crippen molar-refractivity contribution in [1.82, 2.24) is 15.0 Å². The van der Waals surface area contributed by atoms with Crippen molar-refractivity contribution in [3.05, 3.63) is 104 Å². The fraction of sp³-hybridized carbons (Fsp3) is 0.557. The van der Waals surface area contributed by atoms with Crippen LogP contribution in [-0.2, 0) is 34.7 Å². The van der Waals surface area contributed by atoms with E-state index < -0.39 is 5.60 Å². The first-order valence-electron chi connectivity index (χ1n) is 27.9. The van der Waals surface area contributed by atoms with Gasteiger partial charge >= 0.3 is 0 Å². The van der Waals surface area contributed by atoms with Gasteiger partial charge < -0.3 is 37.0 Å². The number of piperidine rings is 3. The van der Waals surface area contributed by atoms with Crippen molar-refractivity contribution in [2.45, 2.75) is 178 Å². The highest BCUT2D eigenvalue weighted by atomic mass is 32.1. The zero-order chi connectivity index (χ0) is 52.0. The van der Waals surface area contributed by atoms with Gasteiger partial charge in [0.05, 0.1) is 22.7 Å². The number of rotatable bonds is 6. The van der Waals surface area contributed by atoms with E-state index in [1.165, 1.54) is 71.0 Å². The van der Waals surface area contributed by atoms with Crippen molar-refractivity contribution in [2.75, 3.05) is 54.0 Å². The Morgan fingerprint density at radius 3 is 1.31 bits per heavy atom. The standard InChI is InChI=1S/C22H31N3S.C20H27N3S.C19H25N3OS/c1-21(2)9-10-22(3,4)18-13-15(5-6-17(18)21)19-14-26-20(24-19)25-11-7-16(23)8-12-25;1-20(2)9-3-4-14-5-6-15(12-17(14)20)18-13-24-19(22-18)23-10-7-16(21)8-11-23;1-19(23)8-2-3-13-11-14(4-5-16(13)19)17-12-24-18(21-17)22-9-6-15(20)7-10-22/h5-6,13-14,16H,7-12,23H2,1-4H3;5-6,12-13,16H,3-4,7-11,21H2,1-2H3;4-5,11-12,15,23H,2-3,6-10,20H2,1H3. The number of benzene rings is 3. The van der Waals surface area contributed by atoms with E-state index >= 15 is 0 Å². The number of thiazole rings is 3. The van der Waals surface area contributed by atoms with E-state index in [0.29, 0.717) is 18.1 Å². The van der Waals surface area contributed by atoms with E-state index in [1.54, 1.807) is 34.0 Å². The molecule has 10 nitrogen and oxygen atoms in total. The number of aryl methyl sites for hydroxylation is 2. The van der Waals surface area contributed by atoms with Crippen LogP contribution >= 0.6 is 34.0 Å². The van der Waals surface area contributed by atoms with Gasteiger partial charge in [-0.2, -0.15) is 0 Å². The number of aromatic nitrogens is 3. The molecule has 1 unspecified atom stereocenters. The molecule has 3 aliphatic heterocycles. The van der Waals surface area contributed by atoms with Gasteiger partial charge in [-0.05, 0) is 165 Å². The first kappa shape index (κ1) is 53.2. The third-order valence-electron chi connectivity index (χ3n) is 17.5. The van der Waals surface area contributed by atoms with Crippen LogP contribution in [0, 0.1) is 0 Å². The second-order valence-corrected chi connectivity index (χ2v) is 27.2. The van der Waals surface area contributed by atoms with Gasteiger partial charge in [-0.25, -0.2) is 15.0 Å². The lowest BCUT2D eigenvalue weighted by Gasteiger charge is -2.42. The zero-order valence-corrected chi connectivity index (χ0v) is 47.8. The lowest BCUT2D eigenvalue weighted by atomic mass is 9.63. The number of nitrogens with zero attached hydrogens (tertiary/aromatic N) is 6. The summed E-state index contributed by atoms with van der Waals surface area (Å²) in [5.74, 6) is 0. The van der Waals surface area contributed by atoms with Crippen LogP contribution < -0.4 is 31.9 Å². The molecule has 3 aliphatic carbocycles. The lowest BCUT2D eigenvalue weighted by Crippen LogP contribution is -2.39. The van der Waals surface area contributed by atoms with Gasteiger partial charge in [0.1, 0.15) is 0 Å². The van der Waals surface area contributed by atoms with Gasteiger partial charge in [-0.1, -0.05) is 77.9 Å². The molecule has 0 saturated carbocycles. The van der Waals surface area contributed by atoms with E-state index in [0.717, 1.165) is 141 Å². The fourth-order valence-corrected chi connectivity index (χ4v) is 15.0. The molecule has 0 amide bonds. The van der Waals surface area contributed by atoms with Crippen molar-refractivity contribution in [2.24, 2.45) is 17.2 Å². The average molecular weight is 1050 g/mol. The largest absolute Gasteiger partial charge is 0.385 e. The predicted molar refractivity (Wildman–Crippen MR) is 315 cm³/mol. The van der Waals surface area contributed by atoms with Crippen LogP contribution in [0.4, 0.5) is 15.4 Å². The molecule has 6 aliphatic rings. The molecule has 396 valence electrons. The Morgan fingerprint density at radius 2 is 0.824 bits per heavy atom. The first-order valence-corrected chi connectivity index (χ1v) is 30.5. The number of fused-ring (bicyclic) bond motifs is 3. The van der Waals surface area contributed by atoms with Crippen LogP contribution in [0.3, 0.4) is 0 Å². The summed E-state index contributed by atoms with van der Waals surface area (Å²) < 4.78 is 0. The van der Waals surface area contributed by atoms with Crippen molar-refractivity contribution in [3.8, 4) is 33.8 Å². The smallest absolute Gasteiger partial charge is 0.185 e. The molecule has 7 N–H and O–H groups in total. The number of aliphatic hydroxyl groups is 1. The number of anilines is 3. The summed E-state index contributed by atoms with van der Waals surface area (Å²) in [5.41, 5.74) is 33.5. The first-order chi connectivity index (χ1) is 35.3. The molecule has 3 aromatic heterocycles. The summed E-state index contributed by atoms with van der Waals surface area (Å²) >= 11 is 5.24. The zero-order valence-electron chi connectivity index (χ0n) is 45.4. The van der Waals surface area contributed by atoms with Crippen LogP contribution in [0.15, 0.2) is 70.7 Å². The van der Waals surface area contributed by atoms with Gasteiger partial charge in [0.25, 0.3) is 0 Å². The van der Waals surface area contributed by atoms with Crippen LogP contribution in [0.1, 0.15) is 159 Å². The van der Waals surface area contributed by atoms with Crippen molar-refractivity contribution < 1.29 is 5.11 Å². The normalized spacial score (nSPS) is 22.7. The maximum absolute atomic E-state index is 10.6. The van der Waals surface area contributed by atoms with Gasteiger partial charge in [0.2, 0.25) is 0 Å². The van der Waals surface area contributed by atoms with Crippen LogP contribution in [0.5, 0.6) is 0 Å². The molecule has 12 rings (SSSR count). The highest BCUT2D eigenvalue weighted by Gasteiger charge is 2.37. The molecular weight excluding hydrogens is 971 g/mol. The molecule has 3 aromatic carbocycles. The van der Waals surface area contributed by atoms with E-state index in [4.69, 9.17) is 32.2 Å². The van der Waals surface area contributed by atoms with Crippen LogP contribution in [-0.4, -0.2) is 77.5 Å². The monoisotopic (exact) mass is 1050 g/mol. The molecule has 6 aromatic rings. The summed E-state index contributed by atoms with van der Waals surface area (Å²) in [7, 11) is 0. The minimum absolute atomic E-state index is 0.239. The summed E-state index contributed by atoms with van der Waals surface area (Å²) in [4.78, 5) is 21.9. The molecule has 0 radical (unpaired) electrons. The highest BCUT2D eigenvalue weighted by Crippen LogP contribution is 2.47. The average Bonchev–Trinajstić information content (AvgIpc) is 4.20. The highest BCUT2D eigenvalue weighted by molar-refractivity contribution is 7.14. The molecule has 3 fully saturated rings. The maximum atomic E-state index is 10.6. The number of hydrogen-bond acceptors (Lipinski definition) is 13. The Labute approximate surface area is 454 Å². The second kappa shape index (κ2) is 21.7. The van der Waals surface area contributed by atoms with Gasteiger partial charge in [0, 0.05) is 90.2 Å². The molecule has 0 spiro atoms. The molecular formula is C61H83N9OS3. The van der Waals surface area contributed by atoms with Crippen LogP contribution in [0.25, 0.3) is 33.8 Å². The molecule has 13 heteroatoms. The minimum Gasteiger partial charge on any atom is -0.385 e. The molecule has 6 heterocycles. The Morgan fingerprint density at radius 1 is 0.446 bits per heavy atom. The van der Waals surface area contributed by atoms with Gasteiger partial charge in [-0.15, -0.1) is 34.0 Å². The Kier molecular flexibility index (Phi) is 15.6. The third-order valence-corrected chi connectivity index (χ3v) is 20.2. The predicted octanol–water partition coefficient (Wildman–Crippen LogP) is 12.7. The van der Waals surface area contributed by atoms with E-state index in [-0.39, 0.29) is 16.2 Å². The molecule has 3 saturated heterocycles. The minimum atomic E-state index is -0.689. The van der Waals surface area contributed by atoms with Gasteiger partial charge in [-0.3, -0.25) is 0 Å². The summed E-state index contributed by atoms with van der Waals surface area (Å²) in [6, 6.07) is 21.5. The Bertz CT molecular complexity index is 2870. The third kappa shape index (κ3) is 11.7. The quantitative estimate of drug-likeness (QED) is 0.127. The summed E-state index contributed by atoms with van der Waals surface area (Å²) in [5, 5.41) is 20.5. The fourth-order valence-electron chi connectivity index (χ4n) is 12.3. The number of nitrogens with two attached hydrogens (primary N) is 3. The van der Waals surface area contributed by atoms with Crippen molar-refractivity contribution in [3.63, 3.8) is 0 Å². The second-order valence-electron chi connectivity index (χ2n) is 24.7. The van der Waals surface area contributed by atoms with Crippen molar-refractivity contribution >= 4 is 49.4 Å². The van der Waals surface area contributed by atoms with Crippen LogP contribution in [0.2, 0.25) is 0 Å². The Balaban J connectivity index is 0.000000127. The molecule has 74 heavy (non-hydrogen) atoms. The SMILES string of the molecule is CC1(C)CCC(C)(C)c2cc(-c3csc(N4CCC(N)CC4)n3)ccc21.CC1(C)CCCc2ccc(-c3csc(N4CCC(N)CC4)n3)cc21.CC1(O)CCCc2cc(-c3csc(N4CCC(N)CC4)n3)ccc21. The Hall–Kier alpha value is -4.21. The van der Waals surface area contributed by atoms with Crippen molar-refractivity contribution in [1.29, 1.82) is 0 Å². The van der Waals surface area contributed by atoms with E-state index in [9.17, 15) is 5.11 Å². The summed E-state index contributed by atoms with van der Waals surface area (Å²) in [6.45, 7) is 22.3. The topological polar surface area (TPSA) is 147 Å². The maximum Gasteiger partial charge on any atom is 0.185 e. The van der Waals surface area contributed by atoms with E-state index in [2.05, 4.69) is 127 Å². The number of hydrogen-bond donors (Lipinski definition) is 4. The molecule has 1 atom stereocenters. The molecule has 0 bridgehead atoms.